The zero-order chi connectivity index (χ0) is 13.8. The second kappa shape index (κ2) is 4.29. The molecule has 1 atom stereocenters. The van der Waals surface area contributed by atoms with E-state index in [1.54, 1.807) is 6.92 Å². The molecule has 0 spiro atoms. The van der Waals surface area contributed by atoms with Gasteiger partial charge in [0.05, 0.1) is 22.3 Å². The molecule has 0 saturated heterocycles. The van der Waals surface area contributed by atoms with Crippen LogP contribution in [-0.2, 0) is 22.0 Å². The van der Waals surface area contributed by atoms with E-state index in [9.17, 15) is 13.2 Å². The molecule has 0 aromatic carbocycles. The maximum Gasteiger partial charge on any atom is 0.259 e. The van der Waals surface area contributed by atoms with Crippen LogP contribution in [0.25, 0.3) is 10.2 Å². The van der Waals surface area contributed by atoms with E-state index in [-0.39, 0.29) is 22.4 Å². The quantitative estimate of drug-likeness (QED) is 0.812. The number of H-pyrrole nitrogens is 1. The second-order valence-corrected chi connectivity index (χ2v) is 8.52. The zero-order valence-corrected chi connectivity index (χ0v) is 12.5. The highest BCUT2D eigenvalue weighted by Gasteiger charge is 2.27. The Labute approximate surface area is 118 Å². The Bertz CT molecular complexity index is 820. The van der Waals surface area contributed by atoms with E-state index < -0.39 is 9.84 Å². The van der Waals surface area contributed by atoms with Gasteiger partial charge in [-0.2, -0.15) is 0 Å². The predicted molar refractivity (Wildman–Crippen MR) is 75.7 cm³/mol. The van der Waals surface area contributed by atoms with Crippen molar-refractivity contribution in [3.63, 3.8) is 0 Å². The van der Waals surface area contributed by atoms with E-state index in [2.05, 4.69) is 9.97 Å². The predicted octanol–water partition coefficient (Wildman–Crippen LogP) is 1.76. The minimum absolute atomic E-state index is 0.00849. The summed E-state index contributed by atoms with van der Waals surface area (Å²) in [6.07, 6.45) is 0.387. The van der Waals surface area contributed by atoms with Gasteiger partial charge in [0.2, 0.25) is 0 Å². The third-order valence-corrected chi connectivity index (χ3v) is 6.22. The van der Waals surface area contributed by atoms with Gasteiger partial charge in [0.1, 0.15) is 10.7 Å². The van der Waals surface area contributed by atoms with E-state index in [1.165, 1.54) is 11.3 Å². The third kappa shape index (κ3) is 2.19. The van der Waals surface area contributed by atoms with Crippen LogP contribution < -0.4 is 5.56 Å². The van der Waals surface area contributed by atoms with Gasteiger partial charge >= 0.3 is 0 Å². The molecule has 0 aliphatic carbocycles. The molecule has 102 valence electrons. The number of hydrogen-bond acceptors (Lipinski definition) is 5. The Balaban J connectivity index is 2.29. The molecule has 1 N–H and O–H groups in total. The highest BCUT2D eigenvalue weighted by atomic mass is 35.5. The van der Waals surface area contributed by atoms with Gasteiger partial charge in [0.15, 0.2) is 9.84 Å². The molecule has 1 unspecified atom stereocenters. The lowest BCUT2D eigenvalue weighted by atomic mass is 10.1. The Morgan fingerprint density at radius 3 is 2.89 bits per heavy atom. The average molecular weight is 319 g/mol. The van der Waals surface area contributed by atoms with Crippen molar-refractivity contribution >= 4 is 43.0 Å². The maximum absolute atomic E-state index is 12.1. The van der Waals surface area contributed by atoms with Crippen LogP contribution >= 0.6 is 22.9 Å². The highest BCUT2D eigenvalue weighted by molar-refractivity contribution is 7.90. The van der Waals surface area contributed by atoms with Gasteiger partial charge in [-0.3, -0.25) is 4.79 Å². The first-order valence-corrected chi connectivity index (χ1v) is 8.84. The molecular formula is C11H11ClN2O3S2. The minimum Gasteiger partial charge on any atom is -0.309 e. The molecule has 1 aliphatic heterocycles. The lowest BCUT2D eigenvalue weighted by Gasteiger charge is -2.11. The molecule has 0 radical (unpaired) electrons. The summed E-state index contributed by atoms with van der Waals surface area (Å²) in [5, 5.41) is 0.135. The normalized spacial score (nSPS) is 19.3. The van der Waals surface area contributed by atoms with E-state index >= 15 is 0 Å². The van der Waals surface area contributed by atoms with Crippen molar-refractivity contribution in [1.29, 1.82) is 0 Å². The fraction of sp³-hybridized carbons (Fsp3) is 0.455. The van der Waals surface area contributed by atoms with E-state index in [0.717, 1.165) is 10.4 Å². The van der Waals surface area contributed by atoms with Crippen LogP contribution in [0.5, 0.6) is 0 Å². The summed E-state index contributed by atoms with van der Waals surface area (Å²) in [6, 6.07) is 0. The topological polar surface area (TPSA) is 79.9 Å². The molecule has 5 nitrogen and oxygen atoms in total. The summed E-state index contributed by atoms with van der Waals surface area (Å²) in [4.78, 5) is 20.4. The lowest BCUT2D eigenvalue weighted by molar-refractivity contribution is 0.592. The fourth-order valence-electron chi connectivity index (χ4n) is 2.23. The molecule has 0 amide bonds. The van der Waals surface area contributed by atoms with E-state index in [4.69, 9.17) is 11.6 Å². The summed E-state index contributed by atoms with van der Waals surface area (Å²) in [7, 11) is -3.04. The molecule has 0 bridgehead atoms. The van der Waals surface area contributed by atoms with Crippen molar-refractivity contribution in [3.05, 3.63) is 26.6 Å². The molecule has 3 heterocycles. The molecular weight excluding hydrogens is 308 g/mol. The molecule has 2 aromatic rings. The number of aromatic nitrogens is 2. The Hall–Kier alpha value is -0.920. The number of alkyl halides is 1. The van der Waals surface area contributed by atoms with Gasteiger partial charge in [-0.05, 0) is 18.9 Å². The number of thiophene rings is 1. The summed E-state index contributed by atoms with van der Waals surface area (Å²) < 4.78 is 23.3. The summed E-state index contributed by atoms with van der Waals surface area (Å²) in [6.45, 7) is 1.73. The number of nitrogens with one attached hydrogen (secondary N) is 1. The Kier molecular flexibility index (Phi) is 2.95. The van der Waals surface area contributed by atoms with Gasteiger partial charge in [-0.25, -0.2) is 13.4 Å². The van der Waals surface area contributed by atoms with Crippen LogP contribution in [0.2, 0.25) is 0 Å². The monoisotopic (exact) mass is 318 g/mol. The van der Waals surface area contributed by atoms with Crippen LogP contribution in [0, 0.1) is 0 Å². The van der Waals surface area contributed by atoms with Gasteiger partial charge in [-0.1, -0.05) is 0 Å². The average Bonchev–Trinajstić information content (AvgIpc) is 2.64. The summed E-state index contributed by atoms with van der Waals surface area (Å²) >= 11 is 7.20. The van der Waals surface area contributed by atoms with Crippen LogP contribution in [0.4, 0.5) is 0 Å². The first-order chi connectivity index (χ1) is 8.87. The van der Waals surface area contributed by atoms with Gasteiger partial charge < -0.3 is 4.98 Å². The number of aryl methyl sites for hydroxylation is 1. The number of rotatable bonds is 1. The lowest BCUT2D eigenvalue weighted by Crippen LogP contribution is -2.19. The van der Waals surface area contributed by atoms with E-state index in [0.29, 0.717) is 22.5 Å². The van der Waals surface area contributed by atoms with Gasteiger partial charge in [-0.15, -0.1) is 22.9 Å². The maximum atomic E-state index is 12.1. The van der Waals surface area contributed by atoms with Crippen molar-refractivity contribution < 1.29 is 8.42 Å². The standard InChI is InChI=1S/C11H11ClN2O3S2/c1-5(12)9-13-10(15)8-6-2-3-19(16,17)4-7(6)18-11(8)14-9/h5H,2-4H2,1H3,(H,13,14,15). The zero-order valence-electron chi connectivity index (χ0n) is 10.1. The number of nitrogens with zero attached hydrogens (tertiary/aromatic N) is 1. The number of aromatic amines is 1. The van der Waals surface area contributed by atoms with Gasteiger partial charge in [0.25, 0.3) is 5.56 Å². The van der Waals surface area contributed by atoms with Crippen LogP contribution in [0.1, 0.15) is 28.6 Å². The Morgan fingerprint density at radius 2 is 2.21 bits per heavy atom. The fourth-order valence-corrected chi connectivity index (χ4v) is 5.36. The molecule has 3 rings (SSSR count). The van der Waals surface area contributed by atoms with Crippen LogP contribution in [0.3, 0.4) is 0 Å². The molecule has 19 heavy (non-hydrogen) atoms. The number of hydrogen-bond donors (Lipinski definition) is 1. The van der Waals surface area contributed by atoms with Gasteiger partial charge in [0, 0.05) is 4.88 Å². The number of halogens is 1. The van der Waals surface area contributed by atoms with Crippen molar-refractivity contribution in [2.75, 3.05) is 5.75 Å². The van der Waals surface area contributed by atoms with Crippen molar-refractivity contribution in [2.45, 2.75) is 24.5 Å². The molecule has 0 saturated carbocycles. The van der Waals surface area contributed by atoms with Crippen LogP contribution in [0.15, 0.2) is 4.79 Å². The van der Waals surface area contributed by atoms with Crippen molar-refractivity contribution in [1.82, 2.24) is 9.97 Å². The molecule has 2 aromatic heterocycles. The number of fused-ring (bicyclic) bond motifs is 3. The Morgan fingerprint density at radius 1 is 1.47 bits per heavy atom. The second-order valence-electron chi connectivity index (χ2n) is 4.59. The summed E-state index contributed by atoms with van der Waals surface area (Å²) in [5.41, 5.74) is 0.599. The summed E-state index contributed by atoms with van der Waals surface area (Å²) in [5.74, 6) is 0.522. The largest absolute Gasteiger partial charge is 0.309 e. The van der Waals surface area contributed by atoms with Crippen molar-refractivity contribution in [3.8, 4) is 0 Å². The SMILES string of the molecule is CC(Cl)c1nc2sc3c(c2c(=O)[nH]1)CCS(=O)(=O)C3. The number of sulfone groups is 1. The van der Waals surface area contributed by atoms with E-state index in [1.807, 2.05) is 0 Å². The first kappa shape index (κ1) is 13.1. The third-order valence-electron chi connectivity index (χ3n) is 3.15. The van der Waals surface area contributed by atoms with Crippen LogP contribution in [-0.4, -0.2) is 24.1 Å². The highest BCUT2D eigenvalue weighted by Crippen LogP contribution is 2.33. The molecule has 1 aliphatic rings. The smallest absolute Gasteiger partial charge is 0.259 e. The first-order valence-electron chi connectivity index (χ1n) is 5.76. The molecule has 0 fully saturated rings. The molecule has 8 heteroatoms. The minimum atomic E-state index is -3.04. The van der Waals surface area contributed by atoms with Crippen molar-refractivity contribution in [2.24, 2.45) is 0 Å².